The van der Waals surface area contributed by atoms with Crippen LogP contribution >= 0.6 is 0 Å². The van der Waals surface area contributed by atoms with Crippen LogP contribution in [0.4, 0.5) is 5.69 Å². The third-order valence-corrected chi connectivity index (χ3v) is 3.54. The molecule has 2 N–H and O–H groups in total. The number of carbonyl (C=O) groups is 1. The first-order chi connectivity index (χ1) is 9.20. The van der Waals surface area contributed by atoms with Gasteiger partial charge in [-0.2, -0.15) is 0 Å². The lowest BCUT2D eigenvalue weighted by Crippen LogP contribution is -2.29. The number of nitrogens with one attached hydrogen (secondary N) is 2. The van der Waals surface area contributed by atoms with Crippen LogP contribution in [0, 0.1) is 0 Å². The largest absolute Gasteiger partial charge is 0.491 e. The first-order valence-electron chi connectivity index (χ1n) is 7.02. The van der Waals surface area contributed by atoms with Gasteiger partial charge in [-0.15, -0.1) is 0 Å². The minimum atomic E-state index is 0.0278. The van der Waals surface area contributed by atoms with Gasteiger partial charge in [-0.1, -0.05) is 6.07 Å². The fourth-order valence-electron chi connectivity index (χ4n) is 2.46. The summed E-state index contributed by atoms with van der Waals surface area (Å²) in [6.07, 6.45) is 4.00. The van der Waals surface area contributed by atoms with E-state index in [4.69, 9.17) is 4.74 Å². The van der Waals surface area contributed by atoms with E-state index in [1.165, 1.54) is 18.4 Å². The minimum Gasteiger partial charge on any atom is -0.491 e. The molecule has 1 aromatic rings. The Bertz CT molecular complexity index is 483. The van der Waals surface area contributed by atoms with Gasteiger partial charge >= 0.3 is 0 Å². The fraction of sp³-hybridized carbons (Fsp3) is 0.533. The Morgan fingerprint density at radius 2 is 2.32 bits per heavy atom. The number of hydrogen-bond acceptors (Lipinski definition) is 3. The normalized spacial score (nSPS) is 19.9. The number of anilines is 1. The van der Waals surface area contributed by atoms with Crippen molar-refractivity contribution >= 4 is 11.6 Å². The lowest BCUT2D eigenvalue weighted by atomic mass is 10.1. The Morgan fingerprint density at radius 3 is 3.11 bits per heavy atom. The van der Waals surface area contributed by atoms with Crippen molar-refractivity contribution in [1.82, 2.24) is 5.32 Å². The van der Waals surface area contributed by atoms with Gasteiger partial charge in [0.25, 0.3) is 0 Å². The molecule has 1 unspecified atom stereocenters. The van der Waals surface area contributed by atoms with Crippen molar-refractivity contribution in [2.24, 2.45) is 0 Å². The molecule has 0 saturated heterocycles. The summed E-state index contributed by atoms with van der Waals surface area (Å²) >= 11 is 0. The molecular formula is C15H20N2O2. The first-order valence-corrected chi connectivity index (χ1v) is 7.02. The van der Waals surface area contributed by atoms with Crippen LogP contribution in [0.2, 0.25) is 0 Å². The van der Waals surface area contributed by atoms with Gasteiger partial charge in [-0.3, -0.25) is 4.79 Å². The molecule has 19 heavy (non-hydrogen) atoms. The Labute approximate surface area is 113 Å². The monoisotopic (exact) mass is 260 g/mol. The second-order valence-corrected chi connectivity index (χ2v) is 5.52. The third-order valence-electron chi connectivity index (χ3n) is 3.54. The van der Waals surface area contributed by atoms with E-state index in [9.17, 15) is 4.79 Å². The highest BCUT2D eigenvalue weighted by Gasteiger charge is 2.23. The number of amides is 1. The van der Waals surface area contributed by atoms with Gasteiger partial charge in [0.2, 0.25) is 5.91 Å². The molecule has 1 heterocycles. The molecule has 1 aliphatic carbocycles. The lowest BCUT2D eigenvalue weighted by molar-refractivity contribution is -0.116. The summed E-state index contributed by atoms with van der Waals surface area (Å²) in [5.41, 5.74) is 2.03. The second kappa shape index (κ2) is 5.21. The van der Waals surface area contributed by atoms with Crippen molar-refractivity contribution in [1.29, 1.82) is 0 Å². The van der Waals surface area contributed by atoms with Crippen molar-refractivity contribution in [3.05, 3.63) is 23.8 Å². The van der Waals surface area contributed by atoms with Gasteiger partial charge in [-0.05, 0) is 43.9 Å². The maximum Gasteiger partial charge on any atom is 0.227 e. The topological polar surface area (TPSA) is 50.4 Å². The van der Waals surface area contributed by atoms with Crippen molar-refractivity contribution in [2.45, 2.75) is 44.7 Å². The minimum absolute atomic E-state index is 0.0278. The second-order valence-electron chi connectivity index (χ2n) is 5.52. The lowest BCUT2D eigenvalue weighted by Gasteiger charge is -2.15. The molecule has 2 aliphatic rings. The zero-order valence-electron chi connectivity index (χ0n) is 11.2. The highest BCUT2D eigenvalue weighted by molar-refractivity contribution is 5.93. The molecule has 1 saturated carbocycles. The molecule has 1 aliphatic heterocycles. The van der Waals surface area contributed by atoms with Crippen molar-refractivity contribution in [2.75, 3.05) is 11.9 Å². The molecule has 1 atom stereocenters. The molecule has 1 aromatic carbocycles. The van der Waals surface area contributed by atoms with E-state index < -0.39 is 0 Å². The van der Waals surface area contributed by atoms with E-state index in [-0.39, 0.29) is 5.91 Å². The van der Waals surface area contributed by atoms with E-state index in [0.29, 0.717) is 19.1 Å². The van der Waals surface area contributed by atoms with Crippen LogP contribution < -0.4 is 15.4 Å². The van der Waals surface area contributed by atoms with E-state index in [2.05, 4.69) is 23.6 Å². The highest BCUT2D eigenvalue weighted by Crippen LogP contribution is 2.28. The molecule has 4 heteroatoms. The molecular weight excluding hydrogens is 240 g/mol. The molecule has 1 fully saturated rings. The Hall–Kier alpha value is -1.55. The van der Waals surface area contributed by atoms with Crippen LogP contribution in [0.3, 0.4) is 0 Å². The number of fused-ring (bicyclic) bond motifs is 1. The van der Waals surface area contributed by atoms with Gasteiger partial charge in [0.15, 0.2) is 0 Å². The molecule has 0 radical (unpaired) electrons. The standard InChI is InChI=1S/C15H20N2O2/c1-10(16-12-3-4-12)8-11-2-5-14-13(9-11)17-15(18)6-7-19-14/h2,5,9-10,12,16H,3-4,6-8H2,1H3,(H,17,18). The van der Waals surface area contributed by atoms with Crippen LogP contribution in [0.25, 0.3) is 0 Å². The van der Waals surface area contributed by atoms with Crippen LogP contribution in [-0.2, 0) is 11.2 Å². The molecule has 3 rings (SSSR count). The molecule has 0 aromatic heterocycles. The summed E-state index contributed by atoms with van der Waals surface area (Å²) in [5.74, 6) is 0.803. The SMILES string of the molecule is CC(Cc1ccc2c(c1)NC(=O)CCO2)NC1CC1. The van der Waals surface area contributed by atoms with Gasteiger partial charge in [0.1, 0.15) is 5.75 Å². The van der Waals surface area contributed by atoms with Crippen LogP contribution in [0.15, 0.2) is 18.2 Å². The molecule has 4 nitrogen and oxygen atoms in total. The van der Waals surface area contributed by atoms with E-state index >= 15 is 0 Å². The number of hydrogen-bond donors (Lipinski definition) is 2. The van der Waals surface area contributed by atoms with Crippen molar-refractivity contribution in [3.8, 4) is 5.75 Å². The third kappa shape index (κ3) is 3.26. The highest BCUT2D eigenvalue weighted by atomic mass is 16.5. The number of benzene rings is 1. The summed E-state index contributed by atoms with van der Waals surface area (Å²) in [7, 11) is 0. The fourth-order valence-corrected chi connectivity index (χ4v) is 2.46. The number of carbonyl (C=O) groups excluding carboxylic acids is 1. The van der Waals surface area contributed by atoms with Crippen LogP contribution in [-0.4, -0.2) is 24.6 Å². The zero-order chi connectivity index (χ0) is 13.2. The van der Waals surface area contributed by atoms with Gasteiger partial charge in [-0.25, -0.2) is 0 Å². The van der Waals surface area contributed by atoms with Crippen molar-refractivity contribution < 1.29 is 9.53 Å². The number of ether oxygens (including phenoxy) is 1. The van der Waals surface area contributed by atoms with Gasteiger partial charge in [0, 0.05) is 12.1 Å². The quantitative estimate of drug-likeness (QED) is 0.871. The average molecular weight is 260 g/mol. The van der Waals surface area contributed by atoms with Crippen LogP contribution in [0.1, 0.15) is 31.7 Å². The predicted molar refractivity (Wildman–Crippen MR) is 74.5 cm³/mol. The zero-order valence-corrected chi connectivity index (χ0v) is 11.2. The first kappa shape index (κ1) is 12.5. The summed E-state index contributed by atoms with van der Waals surface area (Å²) in [6, 6.07) is 7.26. The maximum absolute atomic E-state index is 11.5. The van der Waals surface area contributed by atoms with E-state index in [1.54, 1.807) is 0 Å². The Balaban J connectivity index is 1.70. The van der Waals surface area contributed by atoms with E-state index in [0.717, 1.165) is 23.9 Å². The molecule has 1 amide bonds. The smallest absolute Gasteiger partial charge is 0.227 e. The van der Waals surface area contributed by atoms with E-state index in [1.807, 2.05) is 12.1 Å². The van der Waals surface area contributed by atoms with Gasteiger partial charge < -0.3 is 15.4 Å². The van der Waals surface area contributed by atoms with Crippen molar-refractivity contribution in [3.63, 3.8) is 0 Å². The Morgan fingerprint density at radius 1 is 1.47 bits per heavy atom. The van der Waals surface area contributed by atoms with Crippen LogP contribution in [0.5, 0.6) is 5.75 Å². The average Bonchev–Trinajstić information content (AvgIpc) is 3.16. The molecule has 102 valence electrons. The summed E-state index contributed by atoms with van der Waals surface area (Å²) in [6.45, 7) is 2.66. The maximum atomic E-state index is 11.5. The molecule has 0 bridgehead atoms. The number of rotatable bonds is 4. The Kier molecular flexibility index (Phi) is 3.42. The summed E-state index contributed by atoms with van der Waals surface area (Å²) in [4.78, 5) is 11.5. The predicted octanol–water partition coefficient (Wildman–Crippen LogP) is 2.09. The van der Waals surface area contributed by atoms with Gasteiger partial charge in [0.05, 0.1) is 18.7 Å². The summed E-state index contributed by atoms with van der Waals surface area (Å²) < 4.78 is 5.55. The summed E-state index contributed by atoms with van der Waals surface area (Å²) in [5, 5.41) is 6.49. The molecule has 0 spiro atoms.